The van der Waals surface area contributed by atoms with Crippen molar-refractivity contribution in [1.82, 2.24) is 0 Å². The first-order valence-electron chi connectivity index (χ1n) is 5.61. The van der Waals surface area contributed by atoms with Crippen molar-refractivity contribution in [3.8, 4) is 0 Å². The van der Waals surface area contributed by atoms with Crippen molar-refractivity contribution < 1.29 is 36.5 Å². The minimum Gasteiger partial charge on any atom is -0.346 e. The van der Waals surface area contributed by atoms with Crippen LogP contribution < -0.4 is 5.32 Å². The molecule has 0 unspecified atom stereocenters. The molecule has 1 heterocycles. The van der Waals surface area contributed by atoms with Crippen LogP contribution in [0.4, 0.5) is 27.6 Å². The van der Waals surface area contributed by atoms with E-state index in [1.165, 1.54) is 6.07 Å². The fraction of sp³-hybridized carbons (Fsp3) is 0.182. The van der Waals surface area contributed by atoms with E-state index < -0.39 is 31.0 Å². The monoisotopic (exact) mass is 437 g/mol. The van der Waals surface area contributed by atoms with Gasteiger partial charge in [0.1, 0.15) is 0 Å². The summed E-state index contributed by atoms with van der Waals surface area (Å²) >= 11 is 3.44. The molecular formula is C11H6BrF5NO3PS. The maximum Gasteiger partial charge on any atom is 0.471 e. The van der Waals surface area contributed by atoms with Gasteiger partial charge >= 0.3 is 17.7 Å². The van der Waals surface area contributed by atoms with Gasteiger partial charge in [-0.2, -0.15) is 22.0 Å². The zero-order valence-corrected chi connectivity index (χ0v) is 14.0. The topological polar surface area (TPSA) is 69.6 Å². The van der Waals surface area contributed by atoms with E-state index in [2.05, 4.69) is 15.9 Å². The number of carbonyl (C=O) groups is 1. The van der Waals surface area contributed by atoms with Crippen LogP contribution in [0.3, 0.4) is 0 Å². The van der Waals surface area contributed by atoms with Crippen molar-refractivity contribution in [3.63, 3.8) is 0 Å². The van der Waals surface area contributed by atoms with Crippen LogP contribution in [0.15, 0.2) is 22.7 Å². The molecule has 0 saturated heterocycles. The van der Waals surface area contributed by atoms with Gasteiger partial charge in [-0.15, -0.1) is 11.3 Å². The van der Waals surface area contributed by atoms with E-state index in [0.717, 1.165) is 12.1 Å². The maximum atomic E-state index is 13.7. The Morgan fingerprint density at radius 3 is 2.35 bits per heavy atom. The van der Waals surface area contributed by atoms with Crippen LogP contribution in [0, 0.1) is 0 Å². The van der Waals surface area contributed by atoms with Crippen molar-refractivity contribution in [2.45, 2.75) is 11.8 Å². The molecule has 0 saturated carbocycles. The molecule has 2 aromatic rings. The van der Waals surface area contributed by atoms with Gasteiger partial charge in [0.15, 0.2) is 0 Å². The van der Waals surface area contributed by atoms with Crippen LogP contribution in [0.5, 0.6) is 0 Å². The lowest BCUT2D eigenvalue weighted by Gasteiger charge is -2.15. The molecule has 3 N–H and O–H groups in total. The fourth-order valence-corrected chi connectivity index (χ4v) is 4.36. The number of carbonyl (C=O) groups excluding carboxylic acids is 1. The molecule has 2 rings (SSSR count). The summed E-state index contributed by atoms with van der Waals surface area (Å²) in [6.45, 7) is 0. The lowest BCUT2D eigenvalue weighted by molar-refractivity contribution is -0.167. The molecule has 1 amide bonds. The molecule has 1 aromatic carbocycles. The molecular weight excluding hydrogens is 432 g/mol. The molecule has 0 aliphatic carbocycles. The number of halogens is 6. The summed E-state index contributed by atoms with van der Waals surface area (Å²) in [6.07, 6.45) is -5.08. The van der Waals surface area contributed by atoms with Crippen molar-refractivity contribution in [1.29, 1.82) is 0 Å². The zero-order chi connectivity index (χ0) is 17.6. The number of fused-ring (bicyclic) bond motifs is 1. The Balaban J connectivity index is 2.45. The normalized spacial score (nSPS) is 12.9. The minimum absolute atomic E-state index is 0.112. The maximum absolute atomic E-state index is 13.7. The Bertz CT molecular complexity index is 764. The van der Waals surface area contributed by atoms with Crippen LogP contribution in [0.2, 0.25) is 0 Å². The van der Waals surface area contributed by atoms with Gasteiger partial charge in [-0.25, -0.2) is 0 Å². The number of hydrogen-bond donors (Lipinski definition) is 3. The first kappa shape index (κ1) is 18.5. The zero-order valence-electron chi connectivity index (χ0n) is 10.7. The van der Waals surface area contributed by atoms with E-state index in [0.29, 0.717) is 11.3 Å². The number of benzene rings is 1. The lowest BCUT2D eigenvalue weighted by atomic mass is 10.2. The number of nitrogens with one attached hydrogen (secondary N) is 1. The number of thiophene rings is 1. The number of hydrogen-bond acceptors (Lipinski definition) is 4. The molecule has 1 aromatic heterocycles. The minimum atomic E-state index is -5.08. The second kappa shape index (κ2) is 6.21. The Morgan fingerprint density at radius 1 is 1.22 bits per heavy atom. The highest BCUT2D eigenvalue weighted by atomic mass is 79.9. The SMILES string of the molecule is O=C(Nc1ccc2sc(C(F)(F)P(O)O)c(Br)c2c1)C(F)(F)F. The van der Waals surface area contributed by atoms with Crippen molar-refractivity contribution >= 4 is 57.3 Å². The first-order chi connectivity index (χ1) is 10.4. The molecule has 4 nitrogen and oxygen atoms in total. The summed E-state index contributed by atoms with van der Waals surface area (Å²) < 4.78 is 64.2. The van der Waals surface area contributed by atoms with Crippen LogP contribution in [-0.4, -0.2) is 21.9 Å². The first-order valence-corrected chi connectivity index (χ1v) is 8.46. The van der Waals surface area contributed by atoms with Gasteiger partial charge < -0.3 is 15.1 Å². The van der Waals surface area contributed by atoms with E-state index in [4.69, 9.17) is 9.79 Å². The van der Waals surface area contributed by atoms with E-state index in [1.807, 2.05) is 0 Å². The number of alkyl halides is 5. The highest BCUT2D eigenvalue weighted by molar-refractivity contribution is 9.10. The van der Waals surface area contributed by atoms with Crippen LogP contribution in [-0.2, 0) is 10.5 Å². The number of amides is 1. The van der Waals surface area contributed by atoms with E-state index in [-0.39, 0.29) is 20.2 Å². The second-order valence-electron chi connectivity index (χ2n) is 4.24. The Labute approximate surface area is 139 Å². The molecule has 0 fully saturated rings. The van der Waals surface area contributed by atoms with Gasteiger partial charge in [0.25, 0.3) is 0 Å². The number of rotatable bonds is 3. The van der Waals surface area contributed by atoms with Crippen molar-refractivity contribution in [3.05, 3.63) is 27.5 Å². The average molecular weight is 438 g/mol. The molecule has 126 valence electrons. The summed E-state index contributed by atoms with van der Waals surface area (Å²) in [5.74, 6) is -2.19. The van der Waals surface area contributed by atoms with Crippen LogP contribution in [0.25, 0.3) is 10.1 Å². The fourth-order valence-electron chi connectivity index (χ4n) is 1.63. The third-order valence-corrected chi connectivity index (χ3v) is 5.87. The predicted molar refractivity (Wildman–Crippen MR) is 79.5 cm³/mol. The smallest absolute Gasteiger partial charge is 0.346 e. The average Bonchev–Trinajstić information content (AvgIpc) is 2.75. The highest BCUT2D eigenvalue weighted by Crippen LogP contribution is 2.57. The van der Waals surface area contributed by atoms with Gasteiger partial charge in [-0.3, -0.25) is 4.79 Å². The third-order valence-electron chi connectivity index (χ3n) is 2.67. The molecule has 0 aliphatic rings. The summed E-state index contributed by atoms with van der Waals surface area (Å²) in [5, 5.41) is 1.72. The molecule has 0 atom stereocenters. The predicted octanol–water partition coefficient (Wildman–Crippen LogP) is 4.51. The summed E-state index contributed by atoms with van der Waals surface area (Å²) in [6, 6.07) is 3.45. The highest BCUT2D eigenvalue weighted by Gasteiger charge is 2.44. The Morgan fingerprint density at radius 2 is 1.83 bits per heavy atom. The summed E-state index contributed by atoms with van der Waals surface area (Å²) in [7, 11) is -3.58. The number of anilines is 1. The van der Waals surface area contributed by atoms with Gasteiger partial charge in [0.2, 0.25) is 8.38 Å². The lowest BCUT2D eigenvalue weighted by Crippen LogP contribution is -2.29. The van der Waals surface area contributed by atoms with Gasteiger partial charge in [-0.1, -0.05) is 0 Å². The molecule has 0 bridgehead atoms. The molecule has 23 heavy (non-hydrogen) atoms. The van der Waals surface area contributed by atoms with E-state index >= 15 is 0 Å². The molecule has 12 heteroatoms. The van der Waals surface area contributed by atoms with Crippen molar-refractivity contribution in [2.75, 3.05) is 5.32 Å². The quantitative estimate of drug-likeness (QED) is 0.488. The van der Waals surface area contributed by atoms with Gasteiger partial charge in [-0.05, 0) is 34.1 Å². The Kier molecular flexibility index (Phi) is 4.99. The largest absolute Gasteiger partial charge is 0.471 e. The molecule has 0 aliphatic heterocycles. The van der Waals surface area contributed by atoms with Crippen LogP contribution in [0.1, 0.15) is 4.88 Å². The molecule has 0 spiro atoms. The second-order valence-corrected chi connectivity index (χ2v) is 7.22. The van der Waals surface area contributed by atoms with Gasteiger partial charge in [0, 0.05) is 20.2 Å². The van der Waals surface area contributed by atoms with Crippen molar-refractivity contribution in [2.24, 2.45) is 0 Å². The van der Waals surface area contributed by atoms with Gasteiger partial charge in [0.05, 0.1) is 4.88 Å². The molecule has 0 radical (unpaired) electrons. The van der Waals surface area contributed by atoms with E-state index in [9.17, 15) is 26.7 Å². The van der Waals surface area contributed by atoms with E-state index in [1.54, 1.807) is 5.32 Å². The third kappa shape index (κ3) is 3.63. The summed E-state index contributed by atoms with van der Waals surface area (Å²) in [5.41, 5.74) is -4.13. The Hall–Kier alpha value is -0.870. The summed E-state index contributed by atoms with van der Waals surface area (Å²) in [4.78, 5) is 27.9. The standard InChI is InChI=1S/C11H6BrF5NO3PS/c12-7-5-3-4(18-9(19)10(13,14)15)1-2-6(5)23-8(7)11(16,17)22(20)21/h1-3,20-21H,(H,18,19). The van der Waals surface area contributed by atoms with Crippen LogP contribution >= 0.6 is 35.6 Å².